The van der Waals surface area contributed by atoms with E-state index < -0.39 is 18.1 Å². The van der Waals surface area contributed by atoms with Crippen LogP contribution in [0.2, 0.25) is 0 Å². The molecular formula is C13H22N2O6. The van der Waals surface area contributed by atoms with Gasteiger partial charge in [0.25, 0.3) is 0 Å². The molecule has 0 aliphatic carbocycles. The van der Waals surface area contributed by atoms with Crippen molar-refractivity contribution in [2.45, 2.75) is 38.3 Å². The summed E-state index contributed by atoms with van der Waals surface area (Å²) < 4.78 is 9.98. The Morgan fingerprint density at radius 2 is 2.19 bits per heavy atom. The molecule has 1 aliphatic heterocycles. The average Bonchev–Trinajstić information content (AvgIpc) is 2.46. The quantitative estimate of drug-likeness (QED) is 0.680. The van der Waals surface area contributed by atoms with Crippen LogP contribution >= 0.6 is 0 Å². The highest BCUT2D eigenvalue weighted by Gasteiger charge is 2.27. The number of amides is 2. The number of carbonyl (C=O) groups excluding carboxylic acids is 2. The number of rotatable bonds is 6. The van der Waals surface area contributed by atoms with E-state index in [-0.39, 0.29) is 31.4 Å². The Morgan fingerprint density at radius 3 is 2.76 bits per heavy atom. The van der Waals surface area contributed by atoms with Gasteiger partial charge in [0.15, 0.2) is 0 Å². The van der Waals surface area contributed by atoms with E-state index >= 15 is 0 Å². The second kappa shape index (κ2) is 8.46. The Labute approximate surface area is 123 Å². The van der Waals surface area contributed by atoms with Crippen LogP contribution in [0.3, 0.4) is 0 Å². The fraction of sp³-hybridized carbons (Fsp3) is 0.769. The van der Waals surface area contributed by atoms with Gasteiger partial charge in [0.05, 0.1) is 32.7 Å². The molecular weight excluding hydrogens is 280 g/mol. The zero-order valence-corrected chi connectivity index (χ0v) is 12.3. The van der Waals surface area contributed by atoms with Crippen LogP contribution in [0.15, 0.2) is 0 Å². The first-order valence-electron chi connectivity index (χ1n) is 6.91. The van der Waals surface area contributed by atoms with E-state index in [9.17, 15) is 14.4 Å². The first-order chi connectivity index (χ1) is 9.96. The van der Waals surface area contributed by atoms with Gasteiger partial charge in [0, 0.05) is 19.1 Å². The lowest BCUT2D eigenvalue weighted by Gasteiger charge is -2.33. The Kier molecular flexibility index (Phi) is 6.93. The lowest BCUT2D eigenvalue weighted by Crippen LogP contribution is -2.52. The summed E-state index contributed by atoms with van der Waals surface area (Å²) >= 11 is 0. The van der Waals surface area contributed by atoms with Crippen molar-refractivity contribution in [1.29, 1.82) is 0 Å². The molecule has 2 N–H and O–H groups in total. The number of nitrogens with one attached hydrogen (secondary N) is 1. The molecule has 0 spiro atoms. The fourth-order valence-corrected chi connectivity index (χ4v) is 2.07. The van der Waals surface area contributed by atoms with Crippen molar-refractivity contribution in [1.82, 2.24) is 10.2 Å². The van der Waals surface area contributed by atoms with Gasteiger partial charge in [0.1, 0.15) is 0 Å². The molecule has 2 amide bonds. The monoisotopic (exact) mass is 302 g/mol. The summed E-state index contributed by atoms with van der Waals surface area (Å²) in [5.41, 5.74) is 0. The van der Waals surface area contributed by atoms with Gasteiger partial charge in [-0.1, -0.05) is 6.92 Å². The number of urea groups is 1. The van der Waals surface area contributed by atoms with Crippen LogP contribution < -0.4 is 5.32 Å². The number of carboxylic acid groups (broad SMARTS) is 1. The van der Waals surface area contributed by atoms with Gasteiger partial charge in [-0.25, -0.2) is 4.79 Å². The molecule has 1 saturated heterocycles. The molecule has 0 radical (unpaired) electrons. The maximum absolute atomic E-state index is 12.1. The summed E-state index contributed by atoms with van der Waals surface area (Å²) in [5, 5.41) is 11.5. The van der Waals surface area contributed by atoms with Gasteiger partial charge < -0.3 is 24.8 Å². The standard InChI is InChI=1S/C13H22N2O6/c1-3-9(6-11(16)17)14-13(19)15-4-5-21-10(8-15)7-12(18)20-2/h9-10H,3-8H2,1-2H3,(H,14,19)(H,16,17). The Balaban J connectivity index is 2.49. The maximum Gasteiger partial charge on any atom is 0.317 e. The minimum Gasteiger partial charge on any atom is -0.481 e. The number of ether oxygens (including phenoxy) is 2. The SMILES string of the molecule is CCC(CC(=O)O)NC(=O)N1CCOC(CC(=O)OC)C1. The molecule has 1 fully saturated rings. The van der Waals surface area contributed by atoms with Crippen LogP contribution in [0, 0.1) is 0 Å². The summed E-state index contributed by atoms with van der Waals surface area (Å²) in [6, 6.07) is -0.738. The van der Waals surface area contributed by atoms with Crippen molar-refractivity contribution in [3.05, 3.63) is 0 Å². The molecule has 0 saturated carbocycles. The second-order valence-corrected chi connectivity index (χ2v) is 4.87. The topological polar surface area (TPSA) is 105 Å². The first-order valence-corrected chi connectivity index (χ1v) is 6.91. The Bertz CT molecular complexity index is 387. The third-order valence-corrected chi connectivity index (χ3v) is 3.29. The molecule has 1 heterocycles. The van der Waals surface area contributed by atoms with Crippen LogP contribution in [0.4, 0.5) is 4.79 Å². The van der Waals surface area contributed by atoms with Crippen LogP contribution in [-0.4, -0.2) is 66.9 Å². The molecule has 0 aromatic heterocycles. The summed E-state index contributed by atoms with van der Waals surface area (Å²) in [6.45, 7) is 2.84. The van der Waals surface area contributed by atoms with Crippen LogP contribution in [0.25, 0.3) is 0 Å². The zero-order valence-electron chi connectivity index (χ0n) is 12.3. The Morgan fingerprint density at radius 1 is 1.48 bits per heavy atom. The van der Waals surface area contributed by atoms with Crippen molar-refractivity contribution in [3.63, 3.8) is 0 Å². The minimum atomic E-state index is -0.951. The molecule has 8 nitrogen and oxygen atoms in total. The third-order valence-electron chi connectivity index (χ3n) is 3.29. The summed E-state index contributed by atoms with van der Waals surface area (Å²) in [7, 11) is 1.30. The third kappa shape index (κ3) is 5.99. The number of esters is 1. The van der Waals surface area contributed by atoms with Gasteiger partial charge in [-0.15, -0.1) is 0 Å². The Hall–Kier alpha value is -1.83. The fourth-order valence-electron chi connectivity index (χ4n) is 2.07. The number of nitrogens with zero attached hydrogens (tertiary/aromatic N) is 1. The molecule has 120 valence electrons. The number of morpholine rings is 1. The minimum absolute atomic E-state index is 0.0899. The van der Waals surface area contributed by atoms with Crippen LogP contribution in [-0.2, 0) is 19.1 Å². The summed E-state index contributed by atoms with van der Waals surface area (Å²) in [4.78, 5) is 35.5. The average molecular weight is 302 g/mol. The predicted molar refractivity (Wildman–Crippen MR) is 72.8 cm³/mol. The molecule has 0 aromatic carbocycles. The maximum atomic E-state index is 12.1. The highest BCUT2D eigenvalue weighted by atomic mass is 16.5. The van der Waals surface area contributed by atoms with E-state index in [2.05, 4.69) is 10.1 Å². The molecule has 1 aliphatic rings. The van der Waals surface area contributed by atoms with E-state index in [0.717, 1.165) is 0 Å². The van der Waals surface area contributed by atoms with E-state index in [1.165, 1.54) is 12.0 Å². The van der Waals surface area contributed by atoms with Gasteiger partial charge in [-0.05, 0) is 6.42 Å². The van der Waals surface area contributed by atoms with Crippen molar-refractivity contribution >= 4 is 18.0 Å². The van der Waals surface area contributed by atoms with Gasteiger partial charge in [-0.2, -0.15) is 0 Å². The molecule has 0 bridgehead atoms. The second-order valence-electron chi connectivity index (χ2n) is 4.87. The van der Waals surface area contributed by atoms with Crippen LogP contribution in [0.1, 0.15) is 26.2 Å². The lowest BCUT2D eigenvalue weighted by molar-refractivity contribution is -0.145. The normalized spacial score (nSPS) is 19.7. The van der Waals surface area contributed by atoms with Crippen LogP contribution in [0.5, 0.6) is 0 Å². The largest absolute Gasteiger partial charge is 0.481 e. The van der Waals surface area contributed by atoms with Crippen molar-refractivity contribution < 1.29 is 29.0 Å². The number of methoxy groups -OCH3 is 1. The molecule has 21 heavy (non-hydrogen) atoms. The van der Waals surface area contributed by atoms with Crippen molar-refractivity contribution in [3.8, 4) is 0 Å². The predicted octanol–water partition coefficient (Wildman–Crippen LogP) is 0.213. The number of hydrogen-bond acceptors (Lipinski definition) is 5. The highest BCUT2D eigenvalue weighted by molar-refractivity contribution is 5.76. The number of carbonyl (C=O) groups is 3. The van der Waals surface area contributed by atoms with Gasteiger partial charge in [-0.3, -0.25) is 9.59 Å². The van der Waals surface area contributed by atoms with E-state index in [1.54, 1.807) is 0 Å². The molecule has 2 unspecified atom stereocenters. The van der Waals surface area contributed by atoms with Crippen molar-refractivity contribution in [2.24, 2.45) is 0 Å². The van der Waals surface area contributed by atoms with Gasteiger partial charge in [0.2, 0.25) is 0 Å². The van der Waals surface area contributed by atoms with E-state index in [0.29, 0.717) is 19.6 Å². The molecule has 8 heteroatoms. The van der Waals surface area contributed by atoms with E-state index in [1.807, 2.05) is 6.92 Å². The lowest BCUT2D eigenvalue weighted by atomic mass is 10.1. The first kappa shape index (κ1) is 17.2. The van der Waals surface area contributed by atoms with E-state index in [4.69, 9.17) is 9.84 Å². The smallest absolute Gasteiger partial charge is 0.317 e. The molecule has 1 rings (SSSR count). The summed E-state index contributed by atoms with van der Waals surface area (Å²) in [5.74, 6) is -1.34. The highest BCUT2D eigenvalue weighted by Crippen LogP contribution is 2.10. The van der Waals surface area contributed by atoms with Crippen molar-refractivity contribution in [2.75, 3.05) is 26.8 Å². The summed E-state index contributed by atoms with van der Waals surface area (Å²) in [6.07, 6.45) is 0.121. The number of carboxylic acids is 1. The van der Waals surface area contributed by atoms with Gasteiger partial charge >= 0.3 is 18.0 Å². The number of aliphatic carboxylic acids is 1. The number of hydrogen-bond donors (Lipinski definition) is 2. The molecule has 2 atom stereocenters. The zero-order chi connectivity index (χ0) is 15.8. The molecule has 0 aromatic rings.